The molecule has 19 heavy (non-hydrogen) atoms. The molecule has 0 saturated carbocycles. The van der Waals surface area contributed by atoms with Crippen LogP contribution in [0.5, 0.6) is 11.5 Å². The Hall–Kier alpha value is -2.03. The molecular weight excluding hydrogens is 236 g/mol. The normalized spacial score (nSPS) is 10.2. The summed E-state index contributed by atoms with van der Waals surface area (Å²) in [4.78, 5) is 4.25. The first-order valence-corrected chi connectivity index (χ1v) is 6.78. The van der Waals surface area contributed by atoms with Crippen molar-refractivity contribution >= 4 is 5.82 Å². The maximum Gasteiger partial charge on any atom is 0.132 e. The van der Waals surface area contributed by atoms with Gasteiger partial charge in [-0.25, -0.2) is 4.98 Å². The van der Waals surface area contributed by atoms with Crippen molar-refractivity contribution in [3.05, 3.63) is 48.2 Å². The molecule has 0 aliphatic heterocycles. The van der Waals surface area contributed by atoms with Crippen LogP contribution < -0.4 is 10.1 Å². The molecule has 0 aliphatic carbocycles. The molecule has 2 aromatic rings. The standard InChI is InChI=1S/C16H20N2O/c1-3-10-17-16-12-15(9-11-18-16)19-14-7-5-13(4-2)6-8-14/h5-9,11-12H,3-4,10H2,1-2H3,(H,17,18). The number of pyridine rings is 1. The van der Waals surface area contributed by atoms with Gasteiger partial charge in [0.25, 0.3) is 0 Å². The molecule has 0 amide bonds. The van der Waals surface area contributed by atoms with Gasteiger partial charge in [-0.2, -0.15) is 0 Å². The largest absolute Gasteiger partial charge is 0.457 e. The SMILES string of the molecule is CCCNc1cc(Oc2ccc(CC)cc2)ccn1. The van der Waals surface area contributed by atoms with Crippen molar-refractivity contribution in [1.82, 2.24) is 4.98 Å². The summed E-state index contributed by atoms with van der Waals surface area (Å²) >= 11 is 0. The molecule has 0 bridgehead atoms. The average Bonchev–Trinajstić information content (AvgIpc) is 2.46. The van der Waals surface area contributed by atoms with E-state index in [0.29, 0.717) is 0 Å². The van der Waals surface area contributed by atoms with Crippen molar-refractivity contribution in [2.75, 3.05) is 11.9 Å². The smallest absolute Gasteiger partial charge is 0.132 e. The molecule has 0 unspecified atom stereocenters. The van der Waals surface area contributed by atoms with Crippen LogP contribution >= 0.6 is 0 Å². The van der Waals surface area contributed by atoms with Crippen LogP contribution in [0, 0.1) is 0 Å². The minimum Gasteiger partial charge on any atom is -0.457 e. The van der Waals surface area contributed by atoms with Crippen LogP contribution in [0.2, 0.25) is 0 Å². The van der Waals surface area contributed by atoms with Crippen LogP contribution in [0.3, 0.4) is 0 Å². The van der Waals surface area contributed by atoms with E-state index in [1.54, 1.807) is 6.20 Å². The van der Waals surface area contributed by atoms with Crippen LogP contribution in [0.4, 0.5) is 5.82 Å². The highest BCUT2D eigenvalue weighted by atomic mass is 16.5. The number of hydrogen-bond donors (Lipinski definition) is 1. The van der Waals surface area contributed by atoms with E-state index >= 15 is 0 Å². The minimum absolute atomic E-state index is 0.804. The summed E-state index contributed by atoms with van der Waals surface area (Å²) in [6.45, 7) is 5.19. The van der Waals surface area contributed by atoms with Gasteiger partial charge in [0.15, 0.2) is 0 Å². The molecule has 0 atom stereocenters. The lowest BCUT2D eigenvalue weighted by Crippen LogP contribution is -2.01. The molecule has 1 heterocycles. The van der Waals surface area contributed by atoms with Crippen LogP contribution in [0.25, 0.3) is 0 Å². The van der Waals surface area contributed by atoms with Gasteiger partial charge in [0.1, 0.15) is 17.3 Å². The van der Waals surface area contributed by atoms with Gasteiger partial charge < -0.3 is 10.1 Å². The minimum atomic E-state index is 0.804. The third-order valence-corrected chi connectivity index (χ3v) is 2.85. The van der Waals surface area contributed by atoms with Crippen LogP contribution in [-0.4, -0.2) is 11.5 Å². The summed E-state index contributed by atoms with van der Waals surface area (Å²) < 4.78 is 5.82. The van der Waals surface area contributed by atoms with E-state index in [4.69, 9.17) is 4.74 Å². The Kier molecular flexibility index (Phi) is 4.78. The summed E-state index contributed by atoms with van der Waals surface area (Å²) in [5, 5.41) is 3.25. The molecule has 3 nitrogen and oxygen atoms in total. The zero-order valence-electron chi connectivity index (χ0n) is 11.5. The van der Waals surface area contributed by atoms with E-state index in [1.165, 1.54) is 5.56 Å². The van der Waals surface area contributed by atoms with Crippen LogP contribution in [0.15, 0.2) is 42.6 Å². The highest BCUT2D eigenvalue weighted by Gasteiger charge is 2.00. The molecule has 0 aliphatic rings. The molecule has 100 valence electrons. The second kappa shape index (κ2) is 6.78. The number of hydrogen-bond acceptors (Lipinski definition) is 3. The Balaban J connectivity index is 2.05. The molecule has 0 saturated heterocycles. The Labute approximate surface area is 114 Å². The van der Waals surface area contributed by atoms with Gasteiger partial charge in [-0.3, -0.25) is 0 Å². The predicted molar refractivity (Wildman–Crippen MR) is 78.9 cm³/mol. The zero-order valence-corrected chi connectivity index (χ0v) is 11.5. The van der Waals surface area contributed by atoms with E-state index in [0.717, 1.165) is 36.7 Å². The summed E-state index contributed by atoms with van der Waals surface area (Å²) in [5.41, 5.74) is 1.31. The fraction of sp³-hybridized carbons (Fsp3) is 0.312. The fourth-order valence-corrected chi connectivity index (χ4v) is 1.75. The monoisotopic (exact) mass is 256 g/mol. The van der Waals surface area contributed by atoms with Gasteiger partial charge in [-0.05, 0) is 36.6 Å². The number of benzene rings is 1. The number of nitrogens with zero attached hydrogens (tertiary/aromatic N) is 1. The summed E-state index contributed by atoms with van der Waals surface area (Å²) in [6.07, 6.45) is 3.87. The van der Waals surface area contributed by atoms with Crippen molar-refractivity contribution in [3.8, 4) is 11.5 Å². The molecule has 0 spiro atoms. The van der Waals surface area contributed by atoms with Gasteiger partial charge in [0, 0.05) is 18.8 Å². The first kappa shape index (κ1) is 13.4. The predicted octanol–water partition coefficient (Wildman–Crippen LogP) is 4.26. The van der Waals surface area contributed by atoms with Gasteiger partial charge in [0.2, 0.25) is 0 Å². The maximum absolute atomic E-state index is 5.82. The second-order valence-electron chi connectivity index (χ2n) is 4.40. The highest BCUT2D eigenvalue weighted by Crippen LogP contribution is 2.23. The number of aryl methyl sites for hydroxylation is 1. The molecule has 1 aromatic carbocycles. The maximum atomic E-state index is 5.82. The van der Waals surface area contributed by atoms with Crippen molar-refractivity contribution < 1.29 is 4.74 Å². The van der Waals surface area contributed by atoms with Crippen molar-refractivity contribution in [2.45, 2.75) is 26.7 Å². The summed E-state index contributed by atoms with van der Waals surface area (Å²) in [5.74, 6) is 2.51. The molecule has 1 N–H and O–H groups in total. The van der Waals surface area contributed by atoms with Gasteiger partial charge >= 0.3 is 0 Å². The summed E-state index contributed by atoms with van der Waals surface area (Å²) in [7, 11) is 0. The molecular formula is C16H20N2O. The Morgan fingerprint density at radius 1 is 1.05 bits per heavy atom. The molecule has 2 rings (SSSR count). The first-order chi connectivity index (χ1) is 9.31. The number of anilines is 1. The van der Waals surface area contributed by atoms with Crippen LogP contribution in [-0.2, 0) is 6.42 Å². The number of ether oxygens (including phenoxy) is 1. The van der Waals surface area contributed by atoms with E-state index in [1.807, 2.05) is 24.3 Å². The van der Waals surface area contributed by atoms with Gasteiger partial charge in [0.05, 0.1) is 0 Å². The lowest BCUT2D eigenvalue weighted by atomic mass is 10.2. The number of rotatable bonds is 6. The second-order valence-corrected chi connectivity index (χ2v) is 4.40. The van der Waals surface area contributed by atoms with Gasteiger partial charge in [-0.15, -0.1) is 0 Å². The van der Waals surface area contributed by atoms with Gasteiger partial charge in [-0.1, -0.05) is 26.0 Å². The number of aromatic nitrogens is 1. The van der Waals surface area contributed by atoms with E-state index in [2.05, 4.69) is 36.3 Å². The lowest BCUT2D eigenvalue weighted by molar-refractivity contribution is 0.482. The van der Waals surface area contributed by atoms with E-state index in [-0.39, 0.29) is 0 Å². The molecule has 3 heteroatoms. The van der Waals surface area contributed by atoms with E-state index in [9.17, 15) is 0 Å². The van der Waals surface area contributed by atoms with Crippen molar-refractivity contribution in [1.29, 1.82) is 0 Å². The van der Waals surface area contributed by atoms with Crippen molar-refractivity contribution in [2.24, 2.45) is 0 Å². The fourth-order valence-electron chi connectivity index (χ4n) is 1.75. The van der Waals surface area contributed by atoms with Crippen molar-refractivity contribution in [3.63, 3.8) is 0 Å². The zero-order chi connectivity index (χ0) is 13.5. The third kappa shape index (κ3) is 3.98. The number of nitrogens with one attached hydrogen (secondary N) is 1. The molecule has 1 aromatic heterocycles. The quantitative estimate of drug-likeness (QED) is 0.838. The van der Waals surface area contributed by atoms with Crippen LogP contribution in [0.1, 0.15) is 25.8 Å². The Morgan fingerprint density at radius 3 is 2.53 bits per heavy atom. The average molecular weight is 256 g/mol. The highest BCUT2D eigenvalue weighted by molar-refractivity contribution is 5.42. The Bertz CT molecular complexity index is 508. The topological polar surface area (TPSA) is 34.1 Å². The molecule has 0 fully saturated rings. The Morgan fingerprint density at radius 2 is 1.84 bits per heavy atom. The first-order valence-electron chi connectivity index (χ1n) is 6.78. The van der Waals surface area contributed by atoms with E-state index < -0.39 is 0 Å². The molecule has 0 radical (unpaired) electrons. The third-order valence-electron chi connectivity index (χ3n) is 2.85. The summed E-state index contributed by atoms with van der Waals surface area (Å²) in [6, 6.07) is 12.0. The lowest BCUT2D eigenvalue weighted by Gasteiger charge is -2.08.